The number of carbonyl (C=O) groups is 1. The molecule has 4 rings (SSSR count). The number of ether oxygens (including phenoxy) is 1. The molecule has 7 heteroatoms. The molecule has 0 spiro atoms. The number of para-hydroxylation sites is 1. The average molecular weight is 400 g/mol. The Bertz CT molecular complexity index is 845. The fourth-order valence-corrected chi connectivity index (χ4v) is 4.76. The Kier molecular flexibility index (Phi) is 5.59. The molecule has 6 nitrogen and oxygen atoms in total. The van der Waals surface area contributed by atoms with Gasteiger partial charge in [-0.3, -0.25) is 4.79 Å². The average Bonchev–Trinajstić information content (AvgIpc) is 3.26. The van der Waals surface area contributed by atoms with Crippen LogP contribution in [0.2, 0.25) is 0 Å². The van der Waals surface area contributed by atoms with Crippen molar-refractivity contribution in [1.29, 1.82) is 0 Å². The zero-order valence-electron chi connectivity index (χ0n) is 16.0. The van der Waals surface area contributed by atoms with E-state index < -0.39 is 0 Å². The summed E-state index contributed by atoms with van der Waals surface area (Å²) in [5.74, 6) is 0.255. The lowest BCUT2D eigenvalue weighted by Crippen LogP contribution is -2.42. The Labute approximate surface area is 169 Å². The summed E-state index contributed by atoms with van der Waals surface area (Å²) in [6.45, 7) is 1.02. The highest BCUT2D eigenvalue weighted by Crippen LogP contribution is 2.48. The second kappa shape index (κ2) is 8.13. The van der Waals surface area contributed by atoms with Crippen LogP contribution in [0.1, 0.15) is 23.2 Å². The van der Waals surface area contributed by atoms with Crippen molar-refractivity contribution < 1.29 is 14.6 Å². The summed E-state index contributed by atoms with van der Waals surface area (Å²) in [6, 6.07) is 15.1. The summed E-state index contributed by atoms with van der Waals surface area (Å²) in [7, 11) is 1.65. The molecule has 3 N–H and O–H groups in total. The topological polar surface area (TPSA) is 73.8 Å². The highest BCUT2D eigenvalue weighted by molar-refractivity contribution is 7.98. The monoisotopic (exact) mass is 399 g/mol. The number of aromatic hydroxyl groups is 1. The van der Waals surface area contributed by atoms with Gasteiger partial charge in [0.1, 0.15) is 11.8 Å². The van der Waals surface area contributed by atoms with Crippen LogP contribution in [-0.2, 0) is 9.53 Å². The number of benzene rings is 2. The molecule has 0 bridgehead atoms. The molecule has 0 saturated carbocycles. The van der Waals surface area contributed by atoms with Gasteiger partial charge >= 0.3 is 0 Å². The smallest absolute Gasteiger partial charge is 0.242 e. The molecule has 2 aromatic rings. The van der Waals surface area contributed by atoms with E-state index >= 15 is 0 Å². The minimum absolute atomic E-state index is 0.0437. The second-order valence-corrected chi connectivity index (χ2v) is 8.00. The lowest BCUT2D eigenvalue weighted by Gasteiger charge is -2.31. The lowest BCUT2D eigenvalue weighted by molar-refractivity contribution is -0.131. The maximum Gasteiger partial charge on any atom is 0.242 e. The van der Waals surface area contributed by atoms with Gasteiger partial charge in [-0.15, -0.1) is 11.8 Å². The summed E-state index contributed by atoms with van der Waals surface area (Å²) < 4.78 is 5.25. The van der Waals surface area contributed by atoms with Gasteiger partial charge in [0.2, 0.25) is 5.91 Å². The maximum atomic E-state index is 13.2. The Morgan fingerprint density at radius 2 is 1.82 bits per heavy atom. The predicted octanol–water partition coefficient (Wildman–Crippen LogP) is 2.48. The lowest BCUT2D eigenvalue weighted by atomic mass is 9.83. The minimum atomic E-state index is -0.341. The summed E-state index contributed by atoms with van der Waals surface area (Å²) >= 11 is 1.70. The molecule has 4 atom stereocenters. The van der Waals surface area contributed by atoms with E-state index in [0.29, 0.717) is 13.2 Å². The molecule has 2 saturated heterocycles. The molecule has 2 fully saturated rings. The first-order chi connectivity index (χ1) is 13.7. The summed E-state index contributed by atoms with van der Waals surface area (Å²) in [5, 5.41) is 10.4. The van der Waals surface area contributed by atoms with Crippen molar-refractivity contribution in [2.24, 2.45) is 5.92 Å². The number of thioether (sulfide) groups is 1. The van der Waals surface area contributed by atoms with Crippen LogP contribution >= 0.6 is 11.8 Å². The van der Waals surface area contributed by atoms with Gasteiger partial charge in [-0.1, -0.05) is 30.3 Å². The van der Waals surface area contributed by atoms with E-state index in [1.54, 1.807) is 24.9 Å². The summed E-state index contributed by atoms with van der Waals surface area (Å²) in [4.78, 5) is 16.3. The van der Waals surface area contributed by atoms with Gasteiger partial charge in [0.15, 0.2) is 0 Å². The Hall–Kier alpha value is -2.06. The summed E-state index contributed by atoms with van der Waals surface area (Å²) in [6.07, 6.45) is 2.05. The Morgan fingerprint density at radius 3 is 2.50 bits per heavy atom. The largest absolute Gasteiger partial charge is 0.508 e. The van der Waals surface area contributed by atoms with E-state index in [4.69, 9.17) is 4.74 Å². The molecule has 2 aliphatic heterocycles. The van der Waals surface area contributed by atoms with Gasteiger partial charge in [0.25, 0.3) is 0 Å². The number of likely N-dealkylation sites (tertiary alicyclic amines) is 1. The normalized spacial score (nSPS) is 26.6. The first-order valence-electron chi connectivity index (χ1n) is 9.38. The highest BCUT2D eigenvalue weighted by Gasteiger charge is 2.55. The molecule has 0 radical (unpaired) electrons. The Balaban J connectivity index is 1.74. The number of nitrogens with one attached hydrogen (secondary N) is 2. The van der Waals surface area contributed by atoms with Crippen LogP contribution < -0.4 is 10.9 Å². The number of rotatable bonds is 6. The molecule has 0 aliphatic carbocycles. The van der Waals surface area contributed by atoms with E-state index in [2.05, 4.69) is 35.1 Å². The third kappa shape index (κ3) is 3.28. The van der Waals surface area contributed by atoms with Crippen molar-refractivity contribution in [2.75, 3.05) is 26.5 Å². The third-order valence-corrected chi connectivity index (χ3v) is 6.42. The number of fused-ring (bicyclic) bond motifs is 1. The van der Waals surface area contributed by atoms with Gasteiger partial charge < -0.3 is 14.7 Å². The number of nitrogens with zero attached hydrogens (tertiary/aromatic N) is 1. The van der Waals surface area contributed by atoms with Crippen molar-refractivity contribution in [3.8, 4) is 5.75 Å². The maximum absolute atomic E-state index is 13.2. The molecular weight excluding hydrogens is 374 g/mol. The van der Waals surface area contributed by atoms with Crippen LogP contribution in [0, 0.1) is 5.92 Å². The van der Waals surface area contributed by atoms with E-state index in [1.165, 1.54) is 4.90 Å². The SMILES string of the molecule is COCCN1C(=O)C2NNC(c3ccccc3O)C2C1c1ccc(SC)cc1. The van der Waals surface area contributed by atoms with Gasteiger partial charge in [0.05, 0.1) is 18.7 Å². The fourth-order valence-electron chi connectivity index (χ4n) is 4.36. The fraction of sp³-hybridized carbons (Fsp3) is 0.381. The zero-order valence-corrected chi connectivity index (χ0v) is 16.8. The van der Waals surface area contributed by atoms with E-state index in [-0.39, 0.29) is 35.7 Å². The van der Waals surface area contributed by atoms with Crippen LogP contribution in [0.15, 0.2) is 53.4 Å². The quantitative estimate of drug-likeness (QED) is 0.648. The predicted molar refractivity (Wildman–Crippen MR) is 109 cm³/mol. The number of carbonyl (C=O) groups excluding carboxylic acids is 1. The standard InChI is InChI=1S/C21H25N3O3S/c1-27-12-11-24-20(13-7-9-14(28-2)10-8-13)17-18(22-23-19(17)21(24)26)15-5-3-4-6-16(15)25/h3-10,17-20,22-23,25H,11-12H2,1-2H3. The van der Waals surface area contributed by atoms with Crippen LogP contribution in [0.4, 0.5) is 0 Å². The molecule has 2 aliphatic rings. The molecule has 2 aromatic carbocycles. The van der Waals surface area contributed by atoms with E-state index in [0.717, 1.165) is 11.1 Å². The van der Waals surface area contributed by atoms with Crippen molar-refractivity contribution in [3.05, 3.63) is 59.7 Å². The van der Waals surface area contributed by atoms with Crippen molar-refractivity contribution in [1.82, 2.24) is 15.8 Å². The minimum Gasteiger partial charge on any atom is -0.508 e. The van der Waals surface area contributed by atoms with E-state index in [9.17, 15) is 9.90 Å². The van der Waals surface area contributed by atoms with Crippen molar-refractivity contribution in [3.63, 3.8) is 0 Å². The zero-order chi connectivity index (χ0) is 19.7. The number of hydrogen-bond acceptors (Lipinski definition) is 6. The van der Waals surface area contributed by atoms with Crippen molar-refractivity contribution >= 4 is 17.7 Å². The van der Waals surface area contributed by atoms with Gasteiger partial charge in [-0.05, 0) is 30.0 Å². The molecule has 0 aromatic heterocycles. The molecule has 28 heavy (non-hydrogen) atoms. The van der Waals surface area contributed by atoms with Crippen LogP contribution in [0.25, 0.3) is 0 Å². The third-order valence-electron chi connectivity index (χ3n) is 5.68. The number of phenolic OH excluding ortho intramolecular Hbond substituents is 1. The van der Waals surface area contributed by atoms with Gasteiger partial charge in [-0.2, -0.15) is 0 Å². The van der Waals surface area contributed by atoms with E-state index in [1.807, 2.05) is 29.4 Å². The Morgan fingerprint density at radius 1 is 1.11 bits per heavy atom. The molecule has 148 valence electrons. The second-order valence-electron chi connectivity index (χ2n) is 7.12. The number of amides is 1. The number of phenols is 1. The first-order valence-corrected chi connectivity index (χ1v) is 10.6. The molecular formula is C21H25N3O3S. The van der Waals surface area contributed by atoms with Crippen LogP contribution in [0.3, 0.4) is 0 Å². The number of methoxy groups -OCH3 is 1. The van der Waals surface area contributed by atoms with Gasteiger partial charge in [0, 0.05) is 30.0 Å². The molecule has 1 amide bonds. The highest BCUT2D eigenvalue weighted by atomic mass is 32.2. The van der Waals surface area contributed by atoms with Crippen molar-refractivity contribution in [2.45, 2.75) is 23.0 Å². The number of hydrazine groups is 1. The van der Waals surface area contributed by atoms with Crippen LogP contribution in [-0.4, -0.2) is 48.5 Å². The van der Waals surface area contributed by atoms with Gasteiger partial charge in [-0.25, -0.2) is 10.9 Å². The van der Waals surface area contributed by atoms with Crippen LogP contribution in [0.5, 0.6) is 5.75 Å². The molecule has 2 heterocycles. The summed E-state index contributed by atoms with van der Waals surface area (Å²) in [5.41, 5.74) is 8.33. The first kappa shape index (κ1) is 19.3. The molecule has 4 unspecified atom stereocenters. The number of hydrogen-bond donors (Lipinski definition) is 3.